The first-order valence-corrected chi connectivity index (χ1v) is 10.0. The number of hydrogen-bond acceptors (Lipinski definition) is 7. The summed E-state index contributed by atoms with van der Waals surface area (Å²) in [6, 6.07) is 4.05. The van der Waals surface area contributed by atoms with Crippen LogP contribution in [0.15, 0.2) is 30.6 Å². The Morgan fingerprint density at radius 3 is 2.52 bits per heavy atom. The average molecular weight is 427 g/mol. The summed E-state index contributed by atoms with van der Waals surface area (Å²) in [6.45, 7) is -3.33. The Hall–Kier alpha value is -2.91. The molecule has 3 rings (SSSR count). The molecule has 1 aliphatic carbocycles. The number of aromatic nitrogens is 2. The van der Waals surface area contributed by atoms with Gasteiger partial charge in [-0.1, -0.05) is 6.07 Å². The van der Waals surface area contributed by atoms with Crippen LogP contribution < -0.4 is 14.8 Å². The quantitative estimate of drug-likeness (QED) is 0.631. The molecule has 2 N–H and O–H groups in total. The molecule has 0 aliphatic heterocycles. The number of nitriles is 1. The number of ether oxygens (including phenoxy) is 1. The summed E-state index contributed by atoms with van der Waals surface area (Å²) in [5, 5.41) is 11.1. The minimum absolute atomic E-state index is 0.00178. The zero-order valence-electron chi connectivity index (χ0n) is 14.8. The highest BCUT2D eigenvalue weighted by molar-refractivity contribution is 7.90. The van der Waals surface area contributed by atoms with Gasteiger partial charge in [0.25, 0.3) is 0 Å². The molecular weight excluding hydrogens is 411 g/mol. The van der Waals surface area contributed by atoms with Crippen molar-refractivity contribution in [2.24, 2.45) is 0 Å². The third-order valence-corrected chi connectivity index (χ3v) is 6.03. The molecule has 0 bridgehead atoms. The fourth-order valence-electron chi connectivity index (χ4n) is 2.52. The molecule has 1 heterocycles. The topological polar surface area (TPSA) is 117 Å². The molecule has 8 nitrogen and oxygen atoms in total. The van der Waals surface area contributed by atoms with Gasteiger partial charge >= 0.3 is 6.61 Å². The molecule has 0 radical (unpaired) electrons. The van der Waals surface area contributed by atoms with Crippen molar-refractivity contribution in [2.75, 3.05) is 11.9 Å². The lowest BCUT2D eigenvalue weighted by Gasteiger charge is -2.21. The van der Waals surface area contributed by atoms with E-state index in [1.807, 2.05) is 6.07 Å². The first-order valence-electron chi connectivity index (χ1n) is 8.50. The zero-order valence-corrected chi connectivity index (χ0v) is 15.7. The fourth-order valence-corrected chi connectivity index (χ4v) is 3.91. The van der Waals surface area contributed by atoms with Gasteiger partial charge in [0.15, 0.2) is 0 Å². The summed E-state index contributed by atoms with van der Waals surface area (Å²) in [5.41, 5.74) is 0.208. The van der Waals surface area contributed by atoms with Crippen molar-refractivity contribution in [3.8, 4) is 11.8 Å². The molecule has 1 saturated carbocycles. The second kappa shape index (κ2) is 8.62. The fraction of sp³-hybridized carbons (Fsp3) is 0.353. The molecule has 154 valence electrons. The van der Waals surface area contributed by atoms with E-state index >= 15 is 0 Å². The van der Waals surface area contributed by atoms with Crippen molar-refractivity contribution in [1.29, 1.82) is 5.26 Å². The number of halogens is 3. The molecular formula is C17H16F3N5O3S. The first kappa shape index (κ1) is 20.8. The average Bonchev–Trinajstić information content (AvgIpc) is 3.51. The van der Waals surface area contributed by atoms with Crippen LogP contribution in [0.4, 0.5) is 19.1 Å². The van der Waals surface area contributed by atoms with E-state index < -0.39 is 33.7 Å². The van der Waals surface area contributed by atoms with Crippen molar-refractivity contribution in [3.05, 3.63) is 47.5 Å². The van der Waals surface area contributed by atoms with E-state index in [1.54, 1.807) is 0 Å². The van der Waals surface area contributed by atoms with Crippen LogP contribution in [0, 0.1) is 17.1 Å². The molecule has 2 aromatic rings. The molecule has 1 aromatic heterocycles. The predicted octanol–water partition coefficient (Wildman–Crippen LogP) is 2.32. The summed E-state index contributed by atoms with van der Waals surface area (Å²) in [7, 11) is -3.55. The summed E-state index contributed by atoms with van der Waals surface area (Å²) in [4.78, 5) is 7.85. The predicted molar refractivity (Wildman–Crippen MR) is 96.1 cm³/mol. The number of alkyl halides is 2. The summed E-state index contributed by atoms with van der Waals surface area (Å²) in [5.74, 6) is -1.21. The van der Waals surface area contributed by atoms with Crippen molar-refractivity contribution < 1.29 is 26.3 Å². The van der Waals surface area contributed by atoms with Crippen LogP contribution in [0.3, 0.4) is 0 Å². The van der Waals surface area contributed by atoms with Gasteiger partial charge in [0.05, 0.1) is 29.2 Å². The molecule has 1 unspecified atom stereocenters. The number of nitrogens with one attached hydrogen (secondary N) is 2. The smallest absolute Gasteiger partial charge is 0.387 e. The zero-order chi connectivity index (χ0) is 21.0. The van der Waals surface area contributed by atoms with Gasteiger partial charge in [-0.3, -0.25) is 0 Å². The molecule has 1 atom stereocenters. The maximum absolute atomic E-state index is 14.5. The first-order chi connectivity index (χ1) is 13.8. The van der Waals surface area contributed by atoms with Gasteiger partial charge in [-0.2, -0.15) is 14.0 Å². The Morgan fingerprint density at radius 1 is 1.28 bits per heavy atom. The van der Waals surface area contributed by atoms with Crippen LogP contribution >= 0.6 is 0 Å². The second-order valence-corrected chi connectivity index (χ2v) is 8.30. The molecule has 12 heteroatoms. The van der Waals surface area contributed by atoms with E-state index in [0.29, 0.717) is 12.8 Å². The third kappa shape index (κ3) is 5.55. The highest BCUT2D eigenvalue weighted by Crippen LogP contribution is 2.29. The van der Waals surface area contributed by atoms with Gasteiger partial charge in [0.1, 0.15) is 17.6 Å². The maximum atomic E-state index is 14.5. The van der Waals surface area contributed by atoms with Crippen LogP contribution in [0.5, 0.6) is 5.75 Å². The van der Waals surface area contributed by atoms with Crippen LogP contribution in [-0.2, 0) is 10.0 Å². The number of anilines is 1. The lowest BCUT2D eigenvalue weighted by atomic mass is 10.1. The van der Waals surface area contributed by atoms with Crippen molar-refractivity contribution in [3.63, 3.8) is 0 Å². The van der Waals surface area contributed by atoms with Crippen molar-refractivity contribution in [2.45, 2.75) is 30.7 Å². The normalized spacial score (nSPS) is 15.0. The van der Waals surface area contributed by atoms with Gasteiger partial charge in [0, 0.05) is 18.2 Å². The monoisotopic (exact) mass is 427 g/mol. The standard InChI is InChI=1S/C17H16F3N5O3S/c18-14-5-11(28-16(19)20)1-4-13(14)15(9-24-29(26,27)12-2-3-12)25-17-22-7-10(6-21)8-23-17/h1,4-5,7-8,12,15-16,24H,2-3,9H2,(H,22,23,25). The Labute approximate surface area is 164 Å². The van der Waals surface area contributed by atoms with Crippen molar-refractivity contribution in [1.82, 2.24) is 14.7 Å². The molecule has 1 aliphatic rings. The lowest BCUT2D eigenvalue weighted by Crippen LogP contribution is -2.34. The Kier molecular flexibility index (Phi) is 6.19. The van der Waals surface area contributed by atoms with E-state index in [2.05, 4.69) is 24.7 Å². The number of nitrogens with zero attached hydrogens (tertiary/aromatic N) is 3. The van der Waals surface area contributed by atoms with Gasteiger partial charge in [-0.05, 0) is 18.9 Å². The van der Waals surface area contributed by atoms with Crippen LogP contribution in [0.25, 0.3) is 0 Å². The number of benzene rings is 1. The molecule has 0 saturated heterocycles. The molecule has 0 spiro atoms. The van der Waals surface area contributed by atoms with Crippen LogP contribution in [0.2, 0.25) is 0 Å². The van der Waals surface area contributed by atoms with Crippen LogP contribution in [-0.4, -0.2) is 36.8 Å². The lowest BCUT2D eigenvalue weighted by molar-refractivity contribution is -0.0500. The van der Waals surface area contributed by atoms with E-state index in [-0.39, 0.29) is 29.4 Å². The van der Waals surface area contributed by atoms with E-state index in [4.69, 9.17) is 5.26 Å². The summed E-state index contributed by atoms with van der Waals surface area (Å²) >= 11 is 0. The third-order valence-electron chi connectivity index (χ3n) is 4.11. The Morgan fingerprint density at radius 2 is 1.97 bits per heavy atom. The second-order valence-electron chi connectivity index (χ2n) is 6.26. The molecule has 1 fully saturated rings. The Bertz CT molecular complexity index is 1010. The number of hydrogen-bond donors (Lipinski definition) is 2. The van der Waals surface area contributed by atoms with Gasteiger partial charge in [0.2, 0.25) is 16.0 Å². The van der Waals surface area contributed by atoms with E-state index in [9.17, 15) is 21.6 Å². The maximum Gasteiger partial charge on any atom is 0.387 e. The van der Waals surface area contributed by atoms with Crippen LogP contribution in [0.1, 0.15) is 30.0 Å². The van der Waals surface area contributed by atoms with Gasteiger partial charge in [-0.25, -0.2) is 27.5 Å². The van der Waals surface area contributed by atoms with Gasteiger partial charge in [-0.15, -0.1) is 0 Å². The van der Waals surface area contributed by atoms with Gasteiger partial charge < -0.3 is 10.1 Å². The minimum Gasteiger partial charge on any atom is -0.435 e. The summed E-state index contributed by atoms with van der Waals surface area (Å²) in [6.07, 6.45) is 3.60. The summed E-state index contributed by atoms with van der Waals surface area (Å²) < 4.78 is 70.0. The van der Waals surface area contributed by atoms with E-state index in [0.717, 1.165) is 12.1 Å². The molecule has 0 amide bonds. The molecule has 1 aromatic carbocycles. The molecule has 29 heavy (non-hydrogen) atoms. The number of rotatable bonds is 9. The minimum atomic E-state index is -3.55. The van der Waals surface area contributed by atoms with E-state index in [1.165, 1.54) is 18.5 Å². The largest absolute Gasteiger partial charge is 0.435 e. The highest BCUT2D eigenvalue weighted by Gasteiger charge is 2.36. The SMILES string of the molecule is N#Cc1cnc(NC(CNS(=O)(=O)C2CC2)c2ccc(OC(F)F)cc2F)nc1. The highest BCUT2D eigenvalue weighted by atomic mass is 32.2. The van der Waals surface area contributed by atoms with Crippen molar-refractivity contribution >= 4 is 16.0 Å². The number of sulfonamides is 1. The Balaban J connectivity index is 1.83.